The van der Waals surface area contributed by atoms with E-state index in [2.05, 4.69) is 21.3 Å². The number of carboxylic acids is 3. The first-order chi connectivity index (χ1) is 34.6. The van der Waals surface area contributed by atoms with Crippen molar-refractivity contribution in [3.8, 4) is 23.0 Å². The minimum atomic E-state index is -5.08. The lowest BCUT2D eigenvalue weighted by Gasteiger charge is -2.36. The number of hydrogen-bond acceptors (Lipinski definition) is 15. The second kappa shape index (κ2) is 23.4. The van der Waals surface area contributed by atoms with Gasteiger partial charge < -0.3 is 71.6 Å². The molecule has 5 atom stereocenters. The smallest absolute Gasteiger partial charge is 0.490 e. The molecule has 3 aromatic rings. The second-order valence-electron chi connectivity index (χ2n) is 17.6. The van der Waals surface area contributed by atoms with Crippen LogP contribution in [0.2, 0.25) is 0 Å². The summed E-state index contributed by atoms with van der Waals surface area (Å²) in [6, 6.07) is 7.20. The number of likely N-dealkylation sites (tertiary alicyclic amines) is 1. The van der Waals surface area contributed by atoms with Crippen molar-refractivity contribution in [2.75, 3.05) is 19.6 Å². The number of rotatable bonds is 18. The van der Waals surface area contributed by atoms with E-state index in [9.17, 15) is 76.7 Å². The predicted octanol–water partition coefficient (Wildman–Crippen LogP) is 0.967. The van der Waals surface area contributed by atoms with Crippen LogP contribution in [0, 0.1) is 5.92 Å². The first-order valence-electron chi connectivity index (χ1n) is 22.5. The fourth-order valence-corrected chi connectivity index (χ4v) is 8.26. The number of aliphatic carboxylic acids is 3. The Morgan fingerprint density at radius 2 is 1.36 bits per heavy atom. The van der Waals surface area contributed by atoms with Crippen molar-refractivity contribution < 1.29 is 101 Å². The van der Waals surface area contributed by atoms with E-state index in [0.717, 1.165) is 6.92 Å². The Balaban J connectivity index is 0.00000135. The number of aliphatic hydroxyl groups excluding tert-OH is 1. The first-order valence-corrected chi connectivity index (χ1v) is 22.5. The highest BCUT2D eigenvalue weighted by molar-refractivity contribution is 6.03. The van der Waals surface area contributed by atoms with E-state index in [0.29, 0.717) is 23.1 Å². The van der Waals surface area contributed by atoms with Gasteiger partial charge in [0.25, 0.3) is 5.91 Å². The van der Waals surface area contributed by atoms with Crippen LogP contribution in [0.15, 0.2) is 54.6 Å². The summed E-state index contributed by atoms with van der Waals surface area (Å²) >= 11 is 0. The van der Waals surface area contributed by atoms with E-state index < -0.39 is 127 Å². The standard InChI is InChI=1S/C45H50N6O16.C2HF3O2/c1-21(2)15-31(49-39(60)23-6-9-27-26(16-23)44(65)67-45(27)28-10-7-24(53)17-33(28)66-34-18-25(54)8-11-29(34)45)43(64)51-14-4-5-32(51)41(62)48-30(12-13-36(56)57)40(61)50-38(22(3)52)42(63)47-19-35(55)46-20-37(58)59;3-2(4,5)1(6)7/h6-11,16-18,21-22,30-32,38,52-54H,4-5,12-15,19-20H2,1-3H3,(H,46,55)(H,47,63)(H,48,62)(H,49,60)(H,50,61)(H,56,57)(H,58,59);(H,6,7)/t22-,30+,31+,32+,38+;/m1./s1. The Morgan fingerprint density at radius 3 is 1.91 bits per heavy atom. The monoisotopic (exact) mass is 1040 g/mol. The van der Waals surface area contributed by atoms with Crippen molar-refractivity contribution in [3.05, 3.63) is 82.4 Å². The zero-order valence-corrected chi connectivity index (χ0v) is 39.5. The van der Waals surface area contributed by atoms with Gasteiger partial charge in [0.1, 0.15) is 53.7 Å². The van der Waals surface area contributed by atoms with Crippen molar-refractivity contribution in [2.24, 2.45) is 5.92 Å². The molecule has 3 aromatic carbocycles. The maximum Gasteiger partial charge on any atom is 0.490 e. The number of nitrogens with one attached hydrogen (secondary N) is 5. The highest BCUT2D eigenvalue weighted by atomic mass is 19.4. The van der Waals surface area contributed by atoms with Crippen molar-refractivity contribution >= 4 is 59.3 Å². The van der Waals surface area contributed by atoms with Crippen LogP contribution < -0.4 is 31.3 Å². The molecular weight excluding hydrogens is 994 g/mol. The number of carbonyl (C=O) groups excluding carboxylic acids is 7. The summed E-state index contributed by atoms with van der Waals surface area (Å²) in [6.45, 7) is 3.42. The molecule has 0 aliphatic carbocycles. The average molecular weight is 1040 g/mol. The van der Waals surface area contributed by atoms with Crippen molar-refractivity contribution in [1.29, 1.82) is 0 Å². The van der Waals surface area contributed by atoms with E-state index in [1.165, 1.54) is 59.5 Å². The van der Waals surface area contributed by atoms with Crippen LogP contribution in [0.1, 0.15) is 90.3 Å². The van der Waals surface area contributed by atoms with Crippen LogP contribution in [0.4, 0.5) is 13.2 Å². The minimum absolute atomic E-state index is 0.00754. The van der Waals surface area contributed by atoms with Gasteiger partial charge in [-0.2, -0.15) is 13.2 Å². The van der Waals surface area contributed by atoms with Crippen LogP contribution in [0.25, 0.3) is 0 Å². The number of nitrogens with zero attached hydrogens (tertiary/aromatic N) is 1. The predicted molar refractivity (Wildman–Crippen MR) is 243 cm³/mol. The fourth-order valence-electron chi connectivity index (χ4n) is 8.26. The number of amides is 6. The number of ether oxygens (including phenoxy) is 2. The lowest BCUT2D eigenvalue weighted by Crippen LogP contribution is -2.60. The van der Waals surface area contributed by atoms with E-state index in [-0.39, 0.29) is 59.4 Å². The second-order valence-corrected chi connectivity index (χ2v) is 17.6. The normalized spacial score (nSPS) is 16.5. The molecule has 3 aliphatic rings. The molecule has 6 amide bonds. The lowest BCUT2D eigenvalue weighted by atomic mass is 9.77. The Labute approximate surface area is 417 Å². The molecule has 74 heavy (non-hydrogen) atoms. The number of carbonyl (C=O) groups is 10. The summed E-state index contributed by atoms with van der Waals surface area (Å²) in [5, 5.41) is 67.7. The van der Waals surface area contributed by atoms with Gasteiger partial charge in [0, 0.05) is 47.4 Å². The lowest BCUT2D eigenvalue weighted by molar-refractivity contribution is -0.192. The number of phenolic OH excluding ortho intramolecular Hbond substituents is 2. The summed E-state index contributed by atoms with van der Waals surface area (Å²) in [5.41, 5.74) is -0.473. The molecule has 398 valence electrons. The Morgan fingerprint density at radius 1 is 0.770 bits per heavy atom. The van der Waals surface area contributed by atoms with Crippen LogP contribution >= 0.6 is 0 Å². The number of halogens is 3. The van der Waals surface area contributed by atoms with Gasteiger partial charge in [0.05, 0.1) is 18.2 Å². The molecule has 6 rings (SSSR count). The maximum atomic E-state index is 14.3. The Bertz CT molecular complexity index is 2680. The largest absolute Gasteiger partial charge is 0.508 e. The number of carboxylic acid groups (broad SMARTS) is 3. The number of hydrogen-bond donors (Lipinski definition) is 11. The zero-order chi connectivity index (χ0) is 55.0. The topological polar surface area (TPSA) is 374 Å². The number of alkyl halides is 3. The van der Waals surface area contributed by atoms with E-state index in [1.54, 1.807) is 0 Å². The molecule has 1 spiro atoms. The Kier molecular flexibility index (Phi) is 17.8. The first kappa shape index (κ1) is 56.4. The summed E-state index contributed by atoms with van der Waals surface area (Å²) < 4.78 is 43.8. The van der Waals surface area contributed by atoms with Gasteiger partial charge in [-0.25, -0.2) is 9.59 Å². The van der Waals surface area contributed by atoms with Gasteiger partial charge in [-0.1, -0.05) is 19.9 Å². The molecule has 1 fully saturated rings. The maximum absolute atomic E-state index is 14.3. The van der Waals surface area contributed by atoms with E-state index in [4.69, 9.17) is 24.5 Å². The number of esters is 1. The molecule has 27 heteroatoms. The SMILES string of the molecule is CC(C)C[C@H](NC(=O)c1ccc2c(c1)C(=O)OC21c2ccc(O)cc2Oc2cc(O)ccc21)C(=O)N1CCC[C@H]1C(=O)N[C@@H](CCC(=O)O)C(=O)N[C@H](C(=O)NCC(=O)NCC(=O)O)[C@@H](C)O.O=C(O)C(F)(F)F. The molecule has 24 nitrogen and oxygen atoms in total. The molecule has 0 saturated carbocycles. The van der Waals surface area contributed by atoms with E-state index >= 15 is 0 Å². The van der Waals surface area contributed by atoms with Gasteiger partial charge in [-0.05, 0) is 74.9 Å². The third-order valence-electron chi connectivity index (χ3n) is 11.6. The zero-order valence-electron chi connectivity index (χ0n) is 39.5. The number of phenols is 2. The third-order valence-corrected chi connectivity index (χ3v) is 11.6. The molecule has 11 N–H and O–H groups in total. The summed E-state index contributed by atoms with van der Waals surface area (Å²) in [5.74, 6) is -11.5. The third kappa shape index (κ3) is 13.3. The molecule has 0 radical (unpaired) electrons. The molecule has 0 aromatic heterocycles. The molecule has 3 heterocycles. The van der Waals surface area contributed by atoms with Gasteiger partial charge >= 0.3 is 30.1 Å². The summed E-state index contributed by atoms with van der Waals surface area (Å²) in [7, 11) is 0. The average Bonchev–Trinajstić information content (AvgIpc) is 3.92. The van der Waals surface area contributed by atoms with Crippen LogP contribution in [0.5, 0.6) is 23.0 Å². The highest BCUT2D eigenvalue weighted by Gasteiger charge is 2.54. The van der Waals surface area contributed by atoms with E-state index in [1.807, 2.05) is 19.2 Å². The number of benzene rings is 3. The summed E-state index contributed by atoms with van der Waals surface area (Å²) in [6.07, 6.45) is -7.15. The fraction of sp³-hybridized carbons (Fsp3) is 0.404. The Hall–Kier alpha value is -8.49. The molecule has 0 unspecified atom stereocenters. The molecule has 1 saturated heterocycles. The summed E-state index contributed by atoms with van der Waals surface area (Å²) in [4.78, 5) is 127. The number of aromatic hydroxyl groups is 2. The van der Waals surface area contributed by atoms with Gasteiger partial charge in [0.2, 0.25) is 29.5 Å². The molecule has 3 aliphatic heterocycles. The van der Waals surface area contributed by atoms with Crippen LogP contribution in [0.3, 0.4) is 0 Å². The van der Waals surface area contributed by atoms with Crippen molar-refractivity contribution in [2.45, 2.75) is 94.9 Å². The number of aliphatic hydroxyl groups is 1. The van der Waals surface area contributed by atoms with Crippen LogP contribution in [-0.4, -0.2) is 151 Å². The number of fused-ring (bicyclic) bond motifs is 6. The van der Waals surface area contributed by atoms with Gasteiger partial charge in [-0.15, -0.1) is 0 Å². The van der Waals surface area contributed by atoms with Crippen molar-refractivity contribution in [1.82, 2.24) is 31.5 Å². The van der Waals surface area contributed by atoms with Crippen molar-refractivity contribution in [3.63, 3.8) is 0 Å². The van der Waals surface area contributed by atoms with Gasteiger partial charge in [0.15, 0.2) is 5.60 Å². The van der Waals surface area contributed by atoms with Crippen LogP contribution in [-0.2, 0) is 48.7 Å². The highest BCUT2D eigenvalue weighted by Crippen LogP contribution is 2.57. The van der Waals surface area contributed by atoms with Gasteiger partial charge in [-0.3, -0.25) is 38.4 Å². The minimum Gasteiger partial charge on any atom is -0.508 e. The quantitative estimate of drug-likeness (QED) is 0.0791. The molecule has 0 bridgehead atoms. The molecular formula is C47H51F3N6O18.